The van der Waals surface area contributed by atoms with Gasteiger partial charge in [0.05, 0.1) is 5.75 Å². The summed E-state index contributed by atoms with van der Waals surface area (Å²) in [5.41, 5.74) is 0. The minimum Gasteiger partial charge on any atom is -0.300 e. The molecule has 3 nitrogen and oxygen atoms in total. The monoisotopic (exact) mass is 226 g/mol. The summed E-state index contributed by atoms with van der Waals surface area (Å²) in [4.78, 5) is 11.0. The van der Waals surface area contributed by atoms with Crippen molar-refractivity contribution in [1.29, 1.82) is 0 Å². The minimum absolute atomic E-state index is 0.0179. The van der Waals surface area contributed by atoms with Gasteiger partial charge in [0, 0.05) is 18.1 Å². The number of halogens is 1. The van der Waals surface area contributed by atoms with Crippen molar-refractivity contribution in [2.45, 2.75) is 19.8 Å². The quantitative estimate of drug-likeness (QED) is 0.641. The third-order valence-electron chi connectivity index (χ3n) is 1.87. The Labute approximate surface area is 84.4 Å². The van der Waals surface area contributed by atoms with Crippen LogP contribution in [0.15, 0.2) is 0 Å². The van der Waals surface area contributed by atoms with Crippen molar-refractivity contribution >= 4 is 27.2 Å². The molecule has 0 aliphatic rings. The van der Waals surface area contributed by atoms with E-state index < -0.39 is 9.84 Å². The van der Waals surface area contributed by atoms with Crippen LogP contribution < -0.4 is 0 Å². The van der Waals surface area contributed by atoms with Crippen molar-refractivity contribution in [3.8, 4) is 0 Å². The van der Waals surface area contributed by atoms with Crippen LogP contribution in [0, 0.1) is 5.92 Å². The predicted octanol–water partition coefficient (Wildman–Crippen LogP) is 1.26. The Morgan fingerprint density at radius 2 is 1.92 bits per heavy atom. The van der Waals surface area contributed by atoms with Gasteiger partial charge in [-0.2, -0.15) is 0 Å². The molecule has 13 heavy (non-hydrogen) atoms. The lowest BCUT2D eigenvalue weighted by atomic mass is 9.99. The van der Waals surface area contributed by atoms with Gasteiger partial charge in [-0.25, -0.2) is 8.42 Å². The van der Waals surface area contributed by atoms with Crippen molar-refractivity contribution in [1.82, 2.24) is 0 Å². The van der Waals surface area contributed by atoms with Crippen LogP contribution in [0.1, 0.15) is 19.8 Å². The Balaban J connectivity index is 4.05. The van der Waals surface area contributed by atoms with Crippen molar-refractivity contribution in [3.05, 3.63) is 0 Å². The molecule has 0 heterocycles. The van der Waals surface area contributed by atoms with Crippen LogP contribution in [0.2, 0.25) is 0 Å². The third kappa shape index (κ3) is 7.02. The van der Waals surface area contributed by atoms with Gasteiger partial charge in [-0.15, -0.1) is 11.6 Å². The van der Waals surface area contributed by atoms with Crippen LogP contribution in [-0.2, 0) is 14.6 Å². The zero-order valence-corrected chi connectivity index (χ0v) is 9.49. The molecule has 78 valence electrons. The Morgan fingerprint density at radius 3 is 2.23 bits per heavy atom. The summed E-state index contributed by atoms with van der Waals surface area (Å²) in [7, 11) is -2.97. The zero-order valence-electron chi connectivity index (χ0n) is 7.92. The Bertz CT molecular complexity index is 259. The second-order valence-corrected chi connectivity index (χ2v) is 5.84. The highest BCUT2D eigenvalue weighted by molar-refractivity contribution is 7.90. The average Bonchev–Trinajstić information content (AvgIpc) is 1.95. The number of ketones is 1. The molecule has 0 fully saturated rings. The van der Waals surface area contributed by atoms with E-state index in [2.05, 4.69) is 0 Å². The highest BCUT2D eigenvalue weighted by Gasteiger charge is 2.15. The average molecular weight is 227 g/mol. The maximum Gasteiger partial charge on any atom is 0.147 e. The molecule has 0 aliphatic heterocycles. The van der Waals surface area contributed by atoms with Crippen LogP contribution in [0.5, 0.6) is 0 Å². The molecule has 0 amide bonds. The van der Waals surface area contributed by atoms with Gasteiger partial charge in [0.1, 0.15) is 15.6 Å². The van der Waals surface area contributed by atoms with Crippen molar-refractivity contribution < 1.29 is 13.2 Å². The van der Waals surface area contributed by atoms with E-state index in [-0.39, 0.29) is 17.5 Å². The molecule has 0 saturated carbocycles. The fourth-order valence-electron chi connectivity index (χ4n) is 1.04. The fraction of sp³-hybridized carbons (Fsp3) is 0.875. The first-order valence-electron chi connectivity index (χ1n) is 4.11. The highest BCUT2D eigenvalue weighted by Crippen LogP contribution is 2.12. The SMILES string of the molecule is CC(=O)C(CCCl)CCS(C)(=O)=O. The number of alkyl halides is 1. The number of Topliss-reactive ketones (excluding diaryl/α,β-unsaturated/α-hetero) is 1. The lowest BCUT2D eigenvalue weighted by molar-refractivity contribution is -0.120. The number of hydrogen-bond donors (Lipinski definition) is 0. The number of rotatable bonds is 6. The van der Waals surface area contributed by atoms with Gasteiger partial charge in [0.25, 0.3) is 0 Å². The van der Waals surface area contributed by atoms with Gasteiger partial charge >= 0.3 is 0 Å². The topological polar surface area (TPSA) is 51.2 Å². The first-order valence-corrected chi connectivity index (χ1v) is 6.70. The molecule has 5 heteroatoms. The number of sulfone groups is 1. The van der Waals surface area contributed by atoms with Crippen LogP contribution in [0.3, 0.4) is 0 Å². The molecule has 0 bridgehead atoms. The largest absolute Gasteiger partial charge is 0.300 e. The van der Waals surface area contributed by atoms with Crippen LogP contribution >= 0.6 is 11.6 Å². The second-order valence-electron chi connectivity index (χ2n) is 3.20. The summed E-state index contributed by atoms with van der Waals surface area (Å²) < 4.78 is 21.6. The highest BCUT2D eigenvalue weighted by atomic mass is 35.5. The van der Waals surface area contributed by atoms with Crippen molar-refractivity contribution in [3.63, 3.8) is 0 Å². The maximum absolute atomic E-state index is 11.0. The molecule has 0 radical (unpaired) electrons. The Kier molecular flexibility index (Phi) is 5.56. The van der Waals surface area contributed by atoms with E-state index >= 15 is 0 Å². The molecule has 0 spiro atoms. The lowest BCUT2D eigenvalue weighted by Gasteiger charge is -2.10. The fourth-order valence-corrected chi connectivity index (χ4v) is 2.01. The first kappa shape index (κ1) is 12.9. The van der Waals surface area contributed by atoms with Crippen molar-refractivity contribution in [2.24, 2.45) is 5.92 Å². The van der Waals surface area contributed by atoms with Gasteiger partial charge in [0.2, 0.25) is 0 Å². The molecule has 0 aromatic heterocycles. The van der Waals surface area contributed by atoms with E-state index in [0.717, 1.165) is 0 Å². The van der Waals surface area contributed by atoms with E-state index in [1.165, 1.54) is 13.2 Å². The maximum atomic E-state index is 11.0. The minimum atomic E-state index is -2.97. The normalized spacial score (nSPS) is 14.1. The molecule has 0 aliphatic carbocycles. The van der Waals surface area contributed by atoms with Gasteiger partial charge in [-0.3, -0.25) is 4.79 Å². The zero-order chi connectivity index (χ0) is 10.5. The first-order chi connectivity index (χ1) is 5.87. The summed E-state index contributed by atoms with van der Waals surface area (Å²) in [5, 5.41) is 0. The molecule has 0 saturated heterocycles. The van der Waals surface area contributed by atoms with E-state index in [4.69, 9.17) is 11.6 Å². The molecule has 0 rings (SSSR count). The van der Waals surface area contributed by atoms with Gasteiger partial charge in [-0.05, 0) is 19.8 Å². The molecular weight excluding hydrogens is 212 g/mol. The van der Waals surface area contributed by atoms with E-state index in [1.807, 2.05) is 0 Å². The molecular formula is C8H15ClO3S. The molecule has 0 aromatic carbocycles. The van der Waals surface area contributed by atoms with E-state index in [0.29, 0.717) is 18.7 Å². The smallest absolute Gasteiger partial charge is 0.147 e. The molecule has 0 N–H and O–H groups in total. The second kappa shape index (κ2) is 5.60. The summed E-state index contributed by atoms with van der Waals surface area (Å²) in [5.74, 6) is 0.277. The molecule has 1 atom stereocenters. The van der Waals surface area contributed by atoms with Crippen LogP contribution in [-0.4, -0.2) is 32.1 Å². The van der Waals surface area contributed by atoms with Gasteiger partial charge < -0.3 is 0 Å². The standard InChI is InChI=1S/C8H15ClO3S/c1-7(10)8(3-5-9)4-6-13(2,11)12/h8H,3-6H2,1-2H3. The Morgan fingerprint density at radius 1 is 1.38 bits per heavy atom. The van der Waals surface area contributed by atoms with E-state index in [9.17, 15) is 13.2 Å². The predicted molar refractivity (Wildman–Crippen MR) is 53.8 cm³/mol. The van der Waals surface area contributed by atoms with Crippen LogP contribution in [0.4, 0.5) is 0 Å². The summed E-state index contributed by atoms with van der Waals surface area (Å²) in [6.45, 7) is 1.47. The molecule has 1 unspecified atom stereocenters. The van der Waals surface area contributed by atoms with Gasteiger partial charge in [-0.1, -0.05) is 0 Å². The summed E-state index contributed by atoms with van der Waals surface area (Å²) in [6.07, 6.45) is 2.12. The number of hydrogen-bond acceptors (Lipinski definition) is 3. The van der Waals surface area contributed by atoms with Crippen molar-refractivity contribution in [2.75, 3.05) is 17.9 Å². The van der Waals surface area contributed by atoms with Gasteiger partial charge in [0.15, 0.2) is 0 Å². The van der Waals surface area contributed by atoms with E-state index in [1.54, 1.807) is 0 Å². The number of carbonyl (C=O) groups is 1. The molecule has 0 aromatic rings. The third-order valence-corrected chi connectivity index (χ3v) is 3.07. The lowest BCUT2D eigenvalue weighted by Crippen LogP contribution is -2.16. The van der Waals surface area contributed by atoms with Crippen LogP contribution in [0.25, 0.3) is 0 Å². The summed E-state index contributed by atoms with van der Waals surface area (Å²) in [6, 6.07) is 0. The Hall–Kier alpha value is -0.0900. The summed E-state index contributed by atoms with van der Waals surface area (Å²) >= 11 is 5.49. The number of carbonyl (C=O) groups excluding carboxylic acids is 1.